The second-order valence-electron chi connectivity index (χ2n) is 9.84. The molecule has 2 bridgehead atoms. The number of nitrogens with zero attached hydrogens (tertiary/aromatic N) is 2. The van der Waals surface area contributed by atoms with Crippen molar-refractivity contribution in [1.82, 2.24) is 15.6 Å². The van der Waals surface area contributed by atoms with E-state index in [0.29, 0.717) is 17.2 Å². The van der Waals surface area contributed by atoms with Crippen LogP contribution in [0.15, 0.2) is 53.6 Å². The molecule has 2 saturated carbocycles. The predicted octanol–water partition coefficient (Wildman–Crippen LogP) is 2.85. The number of fused-ring (bicyclic) bond motifs is 2. The Labute approximate surface area is 213 Å². The van der Waals surface area contributed by atoms with Crippen LogP contribution in [0.25, 0.3) is 0 Å². The molecule has 1 saturated heterocycles. The summed E-state index contributed by atoms with van der Waals surface area (Å²) >= 11 is 0. The molecule has 10 heteroatoms. The highest BCUT2D eigenvalue weighted by Crippen LogP contribution is 2.47. The first-order valence-corrected chi connectivity index (χ1v) is 12.3. The lowest BCUT2D eigenvalue weighted by molar-refractivity contribution is -0.141. The highest BCUT2D eigenvalue weighted by molar-refractivity contribution is 6.23. The summed E-state index contributed by atoms with van der Waals surface area (Å²) in [5.41, 5.74) is 4.66. The van der Waals surface area contributed by atoms with Gasteiger partial charge in [0.05, 0.1) is 0 Å². The van der Waals surface area contributed by atoms with E-state index in [1.165, 1.54) is 17.0 Å². The number of benzene rings is 2. The highest BCUT2D eigenvalue weighted by Gasteiger charge is 2.50. The Balaban J connectivity index is 1.18. The summed E-state index contributed by atoms with van der Waals surface area (Å²) in [5.74, 6) is -2.71. The Hall–Kier alpha value is -4.34. The molecule has 0 aromatic heterocycles. The van der Waals surface area contributed by atoms with Gasteiger partial charge in [-0.2, -0.15) is 5.10 Å². The van der Waals surface area contributed by atoms with Crippen molar-refractivity contribution in [3.8, 4) is 0 Å². The molecular weight excluding hydrogens is 474 g/mol. The van der Waals surface area contributed by atoms with Gasteiger partial charge in [-0.05, 0) is 74.4 Å². The number of imide groups is 2. The van der Waals surface area contributed by atoms with Crippen LogP contribution < -0.4 is 16.1 Å². The monoisotopic (exact) mass is 501 g/mol. The molecule has 5 rings (SSSR count). The normalized spacial score (nSPS) is 24.9. The van der Waals surface area contributed by atoms with Crippen LogP contribution in [0.2, 0.25) is 0 Å². The van der Waals surface area contributed by atoms with E-state index in [2.05, 4.69) is 21.2 Å². The van der Waals surface area contributed by atoms with Gasteiger partial charge in [-0.15, -0.1) is 0 Å². The number of nitrogens with one attached hydrogen (secondary N) is 3. The molecule has 0 radical (unpaired) electrons. The van der Waals surface area contributed by atoms with E-state index in [-0.39, 0.29) is 23.4 Å². The zero-order chi connectivity index (χ0) is 26.1. The van der Waals surface area contributed by atoms with Crippen molar-refractivity contribution in [1.29, 1.82) is 0 Å². The molecule has 0 spiro atoms. The quantitative estimate of drug-likeness (QED) is 0.318. The minimum atomic E-state index is -1.29. The molecule has 2 aliphatic carbocycles. The molecule has 1 aliphatic heterocycles. The summed E-state index contributed by atoms with van der Waals surface area (Å²) in [7, 11) is 0. The topological polar surface area (TPSA) is 137 Å². The molecular formula is C27H27N5O5. The molecule has 0 unspecified atom stereocenters. The second-order valence-corrected chi connectivity index (χ2v) is 9.84. The third-order valence-corrected chi connectivity index (χ3v) is 7.38. The second kappa shape index (κ2) is 9.96. The first kappa shape index (κ1) is 24.4. The molecule has 2 aromatic carbocycles. The van der Waals surface area contributed by atoms with Crippen LogP contribution >= 0.6 is 0 Å². The maximum atomic E-state index is 13.0. The Morgan fingerprint density at radius 1 is 0.946 bits per heavy atom. The van der Waals surface area contributed by atoms with Gasteiger partial charge in [0.25, 0.3) is 11.8 Å². The number of amides is 6. The number of carbonyl (C=O) groups excluding carboxylic acids is 5. The molecule has 10 nitrogen and oxygen atoms in total. The van der Waals surface area contributed by atoms with Crippen LogP contribution in [0, 0.1) is 24.7 Å². The van der Waals surface area contributed by atoms with E-state index in [1.807, 2.05) is 19.1 Å². The van der Waals surface area contributed by atoms with Gasteiger partial charge in [0.2, 0.25) is 11.8 Å². The molecule has 190 valence electrons. The van der Waals surface area contributed by atoms with Crippen molar-refractivity contribution in [3.05, 3.63) is 65.2 Å². The van der Waals surface area contributed by atoms with Crippen LogP contribution in [-0.2, 0) is 9.59 Å². The van der Waals surface area contributed by atoms with E-state index in [0.717, 1.165) is 37.5 Å². The fraction of sp³-hybridized carbons (Fsp3) is 0.333. The van der Waals surface area contributed by atoms with Gasteiger partial charge in [-0.1, -0.05) is 24.1 Å². The lowest BCUT2D eigenvalue weighted by Gasteiger charge is -2.36. The zero-order valence-corrected chi connectivity index (χ0v) is 20.3. The van der Waals surface area contributed by atoms with Gasteiger partial charge in [0.15, 0.2) is 5.92 Å². The molecule has 37 heavy (non-hydrogen) atoms. The number of carbonyl (C=O) groups is 5. The number of aryl methyl sites for hydroxylation is 1. The van der Waals surface area contributed by atoms with Crippen molar-refractivity contribution in [2.75, 3.05) is 5.32 Å². The van der Waals surface area contributed by atoms with E-state index >= 15 is 0 Å². The van der Waals surface area contributed by atoms with Gasteiger partial charge in [0, 0.05) is 29.1 Å². The third kappa shape index (κ3) is 5.00. The van der Waals surface area contributed by atoms with Gasteiger partial charge >= 0.3 is 6.03 Å². The van der Waals surface area contributed by atoms with Crippen molar-refractivity contribution >= 4 is 41.6 Å². The summed E-state index contributed by atoms with van der Waals surface area (Å²) in [6.07, 6.45) is 4.90. The standard InChI is InChI=1S/C27H27N5O5/c1-15-2-5-17(6-3-15)23(33)29-20-10-8-18(9-11-20)24(34)31-28-14-21-25(35)30-27(37)32(26(21)36)22-13-16-4-7-19(22)12-16/h2-3,5-6,8-11,14,16,19,21-22H,4,7,12-13H2,1H3,(H,29,33)(H,31,34)(H,30,35,37)/b28-14-/t16-,19-,21-,22-/m0/s1. The van der Waals surface area contributed by atoms with Crippen LogP contribution in [0.3, 0.4) is 0 Å². The van der Waals surface area contributed by atoms with Crippen molar-refractivity contribution in [2.45, 2.75) is 38.6 Å². The molecule has 6 amide bonds. The molecule has 4 atom stereocenters. The van der Waals surface area contributed by atoms with Crippen LogP contribution in [0.5, 0.6) is 0 Å². The summed E-state index contributed by atoms with van der Waals surface area (Å²) in [6, 6.07) is 12.5. The minimum Gasteiger partial charge on any atom is -0.322 e. The zero-order valence-electron chi connectivity index (χ0n) is 20.3. The predicted molar refractivity (Wildman–Crippen MR) is 135 cm³/mol. The molecule has 1 heterocycles. The Morgan fingerprint density at radius 3 is 2.27 bits per heavy atom. The van der Waals surface area contributed by atoms with Gasteiger partial charge in [0.1, 0.15) is 0 Å². The van der Waals surface area contributed by atoms with E-state index in [1.54, 1.807) is 24.3 Å². The number of hydrazone groups is 1. The number of urea groups is 1. The first-order valence-electron chi connectivity index (χ1n) is 12.3. The lowest BCUT2D eigenvalue weighted by atomic mass is 9.92. The number of rotatable bonds is 6. The fourth-order valence-corrected chi connectivity index (χ4v) is 5.43. The summed E-state index contributed by atoms with van der Waals surface area (Å²) in [6.45, 7) is 1.94. The molecule has 2 aromatic rings. The Bertz CT molecular complexity index is 1290. The van der Waals surface area contributed by atoms with Gasteiger partial charge < -0.3 is 5.32 Å². The average Bonchev–Trinajstić information content (AvgIpc) is 3.50. The first-order chi connectivity index (χ1) is 17.8. The Morgan fingerprint density at radius 2 is 1.62 bits per heavy atom. The number of barbiturate groups is 1. The third-order valence-electron chi connectivity index (χ3n) is 7.38. The van der Waals surface area contributed by atoms with Crippen LogP contribution in [0.1, 0.15) is 52.0 Å². The largest absolute Gasteiger partial charge is 0.331 e. The van der Waals surface area contributed by atoms with E-state index in [9.17, 15) is 24.0 Å². The molecule has 3 fully saturated rings. The SMILES string of the molecule is Cc1ccc(C(=O)Nc2ccc(C(=O)N/N=C\[C@H]3C(=O)NC(=O)N([C@H]4C[C@H]5CC[C@H]4C5)C3=O)cc2)cc1. The summed E-state index contributed by atoms with van der Waals surface area (Å²) < 4.78 is 0. The van der Waals surface area contributed by atoms with Crippen molar-refractivity contribution < 1.29 is 24.0 Å². The number of anilines is 1. The van der Waals surface area contributed by atoms with Crippen LogP contribution in [0.4, 0.5) is 10.5 Å². The number of hydrogen-bond donors (Lipinski definition) is 3. The smallest absolute Gasteiger partial charge is 0.322 e. The summed E-state index contributed by atoms with van der Waals surface area (Å²) in [4.78, 5) is 63.7. The lowest BCUT2D eigenvalue weighted by Crippen LogP contribution is -2.62. The van der Waals surface area contributed by atoms with Crippen molar-refractivity contribution in [3.63, 3.8) is 0 Å². The maximum absolute atomic E-state index is 13.0. The minimum absolute atomic E-state index is 0.199. The van der Waals surface area contributed by atoms with E-state index < -0.39 is 29.7 Å². The van der Waals surface area contributed by atoms with E-state index in [4.69, 9.17) is 0 Å². The van der Waals surface area contributed by atoms with Gasteiger partial charge in [-0.25, -0.2) is 10.2 Å². The summed E-state index contributed by atoms with van der Waals surface area (Å²) in [5, 5.41) is 8.82. The Kier molecular flexibility index (Phi) is 6.56. The van der Waals surface area contributed by atoms with Crippen molar-refractivity contribution in [2.24, 2.45) is 22.9 Å². The van der Waals surface area contributed by atoms with Gasteiger partial charge in [-0.3, -0.25) is 29.4 Å². The van der Waals surface area contributed by atoms with Crippen LogP contribution in [-0.4, -0.2) is 46.8 Å². The highest BCUT2D eigenvalue weighted by atomic mass is 16.2. The fourth-order valence-electron chi connectivity index (χ4n) is 5.43. The number of hydrogen-bond acceptors (Lipinski definition) is 6. The maximum Gasteiger partial charge on any atom is 0.331 e. The average molecular weight is 502 g/mol. The molecule has 3 aliphatic rings. The molecule has 3 N–H and O–H groups in total.